The molecule has 1 atom stereocenters. The Bertz CT molecular complexity index is 767. The SMILES string of the molecule is CCN(CC)CCOc1ccc(CNC(=NC)NCC(C)c2cccs2)cc1OC.I. The fraction of sp³-hybridized carbons (Fsp3) is 0.522. The fourth-order valence-electron chi connectivity index (χ4n) is 3.09. The van der Waals surface area contributed by atoms with Crippen molar-refractivity contribution in [1.29, 1.82) is 0 Å². The first-order valence-electron chi connectivity index (χ1n) is 10.6. The summed E-state index contributed by atoms with van der Waals surface area (Å²) < 4.78 is 11.5. The number of halogens is 1. The lowest BCUT2D eigenvalue weighted by Crippen LogP contribution is -2.38. The number of hydrogen-bond donors (Lipinski definition) is 2. The molecule has 0 aliphatic rings. The number of nitrogens with zero attached hydrogens (tertiary/aromatic N) is 2. The fourth-order valence-corrected chi connectivity index (χ4v) is 3.88. The molecule has 2 rings (SSSR count). The minimum atomic E-state index is 0. The molecule has 0 bridgehead atoms. The molecular formula is C23H37IN4O2S. The predicted octanol–water partition coefficient (Wildman–Crippen LogP) is 4.56. The lowest BCUT2D eigenvalue weighted by molar-refractivity contribution is 0.217. The first-order chi connectivity index (χ1) is 14.6. The molecular weight excluding hydrogens is 523 g/mol. The van der Waals surface area contributed by atoms with Gasteiger partial charge in [-0.15, -0.1) is 35.3 Å². The van der Waals surface area contributed by atoms with E-state index in [0.29, 0.717) is 19.1 Å². The molecule has 6 nitrogen and oxygen atoms in total. The third kappa shape index (κ3) is 9.24. The van der Waals surface area contributed by atoms with Gasteiger partial charge in [-0.3, -0.25) is 4.99 Å². The molecule has 174 valence electrons. The van der Waals surface area contributed by atoms with Crippen LogP contribution in [0, 0.1) is 0 Å². The van der Waals surface area contributed by atoms with Crippen LogP contribution in [0.25, 0.3) is 0 Å². The zero-order valence-corrected chi connectivity index (χ0v) is 22.5. The molecule has 2 N–H and O–H groups in total. The largest absolute Gasteiger partial charge is 0.493 e. The number of thiophene rings is 1. The highest BCUT2D eigenvalue weighted by Crippen LogP contribution is 2.28. The maximum atomic E-state index is 5.94. The maximum absolute atomic E-state index is 5.94. The standard InChI is InChI=1S/C23H36N4O2S.HI/c1-6-27(7-2)12-13-29-20-11-10-19(15-21(20)28-5)17-26-23(24-4)25-16-18(3)22-9-8-14-30-22;/h8-11,14-15,18H,6-7,12-13,16-17H2,1-5H3,(H2,24,25,26);1H. The molecule has 0 saturated heterocycles. The van der Waals surface area contributed by atoms with E-state index in [4.69, 9.17) is 9.47 Å². The monoisotopic (exact) mass is 560 g/mol. The number of methoxy groups -OCH3 is 1. The number of aliphatic imine (C=N–C) groups is 1. The van der Waals surface area contributed by atoms with Crippen molar-refractivity contribution in [3.05, 3.63) is 46.2 Å². The molecule has 1 aromatic carbocycles. The number of likely N-dealkylation sites (N-methyl/N-ethyl adjacent to an activating group) is 1. The van der Waals surface area contributed by atoms with Gasteiger partial charge in [-0.05, 0) is 42.2 Å². The summed E-state index contributed by atoms with van der Waals surface area (Å²) in [4.78, 5) is 8.04. The second-order valence-corrected chi connectivity index (χ2v) is 8.06. The van der Waals surface area contributed by atoms with E-state index in [-0.39, 0.29) is 24.0 Å². The van der Waals surface area contributed by atoms with Crippen molar-refractivity contribution >= 4 is 41.3 Å². The van der Waals surface area contributed by atoms with E-state index in [1.165, 1.54) is 4.88 Å². The third-order valence-corrected chi connectivity index (χ3v) is 6.18. The summed E-state index contributed by atoms with van der Waals surface area (Å²) in [6.07, 6.45) is 0. The first kappa shape index (κ1) is 27.5. The highest BCUT2D eigenvalue weighted by atomic mass is 127. The smallest absolute Gasteiger partial charge is 0.191 e. The highest BCUT2D eigenvalue weighted by molar-refractivity contribution is 14.0. The molecule has 0 amide bonds. The molecule has 1 aromatic heterocycles. The van der Waals surface area contributed by atoms with Gasteiger partial charge in [0, 0.05) is 37.5 Å². The number of guanidine groups is 1. The van der Waals surface area contributed by atoms with Crippen LogP contribution in [0.1, 0.15) is 37.1 Å². The zero-order chi connectivity index (χ0) is 21.8. The lowest BCUT2D eigenvalue weighted by Gasteiger charge is -2.19. The molecule has 0 radical (unpaired) electrons. The van der Waals surface area contributed by atoms with Gasteiger partial charge in [-0.1, -0.05) is 32.9 Å². The average Bonchev–Trinajstić information content (AvgIpc) is 3.32. The van der Waals surface area contributed by atoms with Crippen molar-refractivity contribution < 1.29 is 9.47 Å². The van der Waals surface area contributed by atoms with Gasteiger partial charge in [-0.25, -0.2) is 0 Å². The summed E-state index contributed by atoms with van der Waals surface area (Å²) >= 11 is 1.79. The van der Waals surface area contributed by atoms with Crippen molar-refractivity contribution in [2.75, 3.05) is 46.9 Å². The van der Waals surface area contributed by atoms with E-state index in [1.54, 1.807) is 25.5 Å². The van der Waals surface area contributed by atoms with Gasteiger partial charge in [0.05, 0.1) is 7.11 Å². The summed E-state index contributed by atoms with van der Waals surface area (Å²) in [5, 5.41) is 8.89. The summed E-state index contributed by atoms with van der Waals surface area (Å²) in [6, 6.07) is 10.3. The lowest BCUT2D eigenvalue weighted by atomic mass is 10.1. The Morgan fingerprint density at radius 1 is 1.16 bits per heavy atom. The van der Waals surface area contributed by atoms with Crippen LogP contribution in [-0.4, -0.2) is 57.8 Å². The van der Waals surface area contributed by atoms with Gasteiger partial charge in [0.2, 0.25) is 0 Å². The second kappa shape index (κ2) is 15.3. The molecule has 0 aliphatic heterocycles. The van der Waals surface area contributed by atoms with Crippen LogP contribution < -0.4 is 20.1 Å². The normalized spacial score (nSPS) is 12.3. The summed E-state index contributed by atoms with van der Waals surface area (Å²) in [5.74, 6) is 2.76. The van der Waals surface area contributed by atoms with E-state index in [9.17, 15) is 0 Å². The van der Waals surface area contributed by atoms with Gasteiger partial charge in [0.25, 0.3) is 0 Å². The minimum absolute atomic E-state index is 0. The van der Waals surface area contributed by atoms with E-state index < -0.39 is 0 Å². The third-order valence-electron chi connectivity index (χ3n) is 5.08. The van der Waals surface area contributed by atoms with Gasteiger partial charge >= 0.3 is 0 Å². The van der Waals surface area contributed by atoms with Crippen molar-refractivity contribution in [3.8, 4) is 11.5 Å². The molecule has 1 unspecified atom stereocenters. The van der Waals surface area contributed by atoms with E-state index in [0.717, 1.165) is 49.2 Å². The molecule has 31 heavy (non-hydrogen) atoms. The molecule has 1 heterocycles. The van der Waals surface area contributed by atoms with E-state index >= 15 is 0 Å². The topological polar surface area (TPSA) is 58.1 Å². The van der Waals surface area contributed by atoms with Crippen molar-refractivity contribution in [2.24, 2.45) is 4.99 Å². The number of ether oxygens (including phenoxy) is 2. The quantitative estimate of drug-likeness (QED) is 0.227. The van der Waals surface area contributed by atoms with Gasteiger partial charge in [0.15, 0.2) is 17.5 Å². The number of hydrogen-bond acceptors (Lipinski definition) is 5. The van der Waals surface area contributed by atoms with Crippen LogP contribution >= 0.6 is 35.3 Å². The highest BCUT2D eigenvalue weighted by Gasteiger charge is 2.09. The summed E-state index contributed by atoms with van der Waals surface area (Å²) in [5.41, 5.74) is 1.11. The van der Waals surface area contributed by atoms with Gasteiger partial charge in [0.1, 0.15) is 6.61 Å². The van der Waals surface area contributed by atoms with E-state index in [1.807, 2.05) is 12.1 Å². The molecule has 0 aliphatic carbocycles. The summed E-state index contributed by atoms with van der Waals surface area (Å²) in [7, 11) is 3.47. The van der Waals surface area contributed by atoms with Crippen LogP contribution in [0.15, 0.2) is 40.7 Å². The zero-order valence-electron chi connectivity index (χ0n) is 19.3. The van der Waals surface area contributed by atoms with E-state index in [2.05, 4.69) is 64.9 Å². The van der Waals surface area contributed by atoms with Gasteiger partial charge < -0.3 is 25.0 Å². The Kier molecular flexibility index (Phi) is 13.6. The number of benzene rings is 1. The molecule has 0 saturated carbocycles. The molecule has 0 spiro atoms. The Balaban J connectivity index is 0.00000480. The number of nitrogens with one attached hydrogen (secondary N) is 2. The second-order valence-electron chi connectivity index (χ2n) is 7.08. The minimum Gasteiger partial charge on any atom is -0.493 e. The first-order valence-corrected chi connectivity index (χ1v) is 11.5. The van der Waals surface area contributed by atoms with Crippen LogP contribution in [0.4, 0.5) is 0 Å². The maximum Gasteiger partial charge on any atom is 0.191 e. The Hall–Kier alpha value is -1.52. The van der Waals surface area contributed by atoms with Crippen LogP contribution in [0.3, 0.4) is 0 Å². The Morgan fingerprint density at radius 2 is 1.94 bits per heavy atom. The molecule has 8 heteroatoms. The van der Waals surface area contributed by atoms with Gasteiger partial charge in [-0.2, -0.15) is 0 Å². The number of rotatable bonds is 12. The Labute approximate surface area is 208 Å². The van der Waals surface area contributed by atoms with Crippen LogP contribution in [0.5, 0.6) is 11.5 Å². The average molecular weight is 561 g/mol. The van der Waals surface area contributed by atoms with Crippen molar-refractivity contribution in [3.63, 3.8) is 0 Å². The summed E-state index contributed by atoms with van der Waals surface area (Å²) in [6.45, 7) is 11.7. The molecule has 0 fully saturated rings. The van der Waals surface area contributed by atoms with Crippen LogP contribution in [-0.2, 0) is 6.54 Å². The van der Waals surface area contributed by atoms with Crippen molar-refractivity contribution in [2.45, 2.75) is 33.2 Å². The predicted molar refractivity (Wildman–Crippen MR) is 143 cm³/mol. The van der Waals surface area contributed by atoms with Crippen LogP contribution in [0.2, 0.25) is 0 Å². The molecule has 2 aromatic rings. The van der Waals surface area contributed by atoms with Crippen molar-refractivity contribution in [1.82, 2.24) is 15.5 Å². The Morgan fingerprint density at radius 3 is 2.55 bits per heavy atom.